The number of hydrogen-bond donors (Lipinski definition) is 1. The van der Waals surface area contributed by atoms with Crippen molar-refractivity contribution < 1.29 is 0 Å². The number of nitrogens with zero attached hydrogens (tertiary/aromatic N) is 1. The van der Waals surface area contributed by atoms with Crippen molar-refractivity contribution in [1.82, 2.24) is 10.2 Å². The number of piperazine rings is 1. The van der Waals surface area contributed by atoms with E-state index in [1.54, 1.807) is 0 Å². The van der Waals surface area contributed by atoms with Crippen LogP contribution in [0.5, 0.6) is 0 Å². The minimum atomic E-state index is 0.402. The van der Waals surface area contributed by atoms with E-state index in [2.05, 4.69) is 57.3 Å². The summed E-state index contributed by atoms with van der Waals surface area (Å²) in [6.07, 6.45) is 8.14. The van der Waals surface area contributed by atoms with E-state index in [4.69, 9.17) is 0 Å². The Morgan fingerprint density at radius 2 is 2.10 bits per heavy atom. The minimum absolute atomic E-state index is 0.402. The van der Waals surface area contributed by atoms with Crippen LogP contribution in [0.25, 0.3) is 0 Å². The lowest BCUT2D eigenvalue weighted by Crippen LogP contribution is -2.62. The van der Waals surface area contributed by atoms with Gasteiger partial charge in [-0.3, -0.25) is 4.90 Å². The molecule has 2 nitrogen and oxygen atoms in total. The van der Waals surface area contributed by atoms with E-state index in [0.717, 1.165) is 6.54 Å². The van der Waals surface area contributed by atoms with Crippen LogP contribution < -0.4 is 5.32 Å². The number of rotatable bonds is 3. The molecule has 1 spiro atoms. The first-order chi connectivity index (χ1) is 10.2. The molecule has 21 heavy (non-hydrogen) atoms. The standard InChI is InChI=1S/C18H27BrN2/c1-2-17(15-7-6-8-16(19)13-15)21-12-11-20-14-18(21)9-4-3-5-10-18/h6-8,13,17,20H,2-5,9-12,14H2,1H3. The van der Waals surface area contributed by atoms with Gasteiger partial charge in [-0.05, 0) is 37.0 Å². The van der Waals surface area contributed by atoms with E-state index >= 15 is 0 Å². The smallest absolute Gasteiger partial charge is 0.0352 e. The summed E-state index contributed by atoms with van der Waals surface area (Å²) in [6, 6.07) is 9.48. The largest absolute Gasteiger partial charge is 0.314 e. The van der Waals surface area contributed by atoms with E-state index in [1.165, 1.54) is 61.7 Å². The summed E-state index contributed by atoms with van der Waals surface area (Å²) in [4.78, 5) is 2.84. The van der Waals surface area contributed by atoms with Crippen molar-refractivity contribution in [2.45, 2.75) is 57.0 Å². The molecule has 0 radical (unpaired) electrons. The topological polar surface area (TPSA) is 15.3 Å². The van der Waals surface area contributed by atoms with Gasteiger partial charge in [0.2, 0.25) is 0 Å². The van der Waals surface area contributed by atoms with Crippen molar-refractivity contribution >= 4 is 15.9 Å². The van der Waals surface area contributed by atoms with Crippen molar-refractivity contribution in [3.63, 3.8) is 0 Å². The number of hydrogen-bond acceptors (Lipinski definition) is 2. The van der Waals surface area contributed by atoms with E-state index in [-0.39, 0.29) is 0 Å². The summed E-state index contributed by atoms with van der Waals surface area (Å²) in [7, 11) is 0. The second kappa shape index (κ2) is 6.80. The highest BCUT2D eigenvalue weighted by molar-refractivity contribution is 9.10. The zero-order chi connectivity index (χ0) is 14.7. The maximum absolute atomic E-state index is 3.67. The van der Waals surface area contributed by atoms with Crippen LogP contribution in [0.4, 0.5) is 0 Å². The third-order valence-corrected chi connectivity index (χ3v) is 5.87. The van der Waals surface area contributed by atoms with Crippen LogP contribution in [-0.4, -0.2) is 30.1 Å². The highest BCUT2D eigenvalue weighted by atomic mass is 79.9. The van der Waals surface area contributed by atoms with Crippen molar-refractivity contribution in [3.05, 3.63) is 34.3 Å². The van der Waals surface area contributed by atoms with E-state index < -0.39 is 0 Å². The molecule has 1 aromatic carbocycles. The van der Waals surface area contributed by atoms with Gasteiger partial charge in [-0.15, -0.1) is 0 Å². The zero-order valence-electron chi connectivity index (χ0n) is 13.1. The van der Waals surface area contributed by atoms with Gasteiger partial charge < -0.3 is 5.32 Å². The van der Waals surface area contributed by atoms with Gasteiger partial charge in [-0.2, -0.15) is 0 Å². The Morgan fingerprint density at radius 1 is 1.29 bits per heavy atom. The van der Waals surface area contributed by atoms with Crippen molar-refractivity contribution in [2.75, 3.05) is 19.6 Å². The predicted octanol–water partition coefficient (Wildman–Crippen LogP) is 4.51. The summed E-state index contributed by atoms with van der Waals surface area (Å²) >= 11 is 3.64. The molecule has 3 heteroatoms. The number of halogens is 1. The third-order valence-electron chi connectivity index (χ3n) is 5.37. The van der Waals surface area contributed by atoms with Crippen LogP contribution in [0, 0.1) is 0 Å². The Morgan fingerprint density at radius 3 is 2.81 bits per heavy atom. The Kier molecular flexibility index (Phi) is 5.03. The van der Waals surface area contributed by atoms with Crippen LogP contribution in [-0.2, 0) is 0 Å². The normalized spacial score (nSPS) is 24.1. The molecule has 3 rings (SSSR count). The fourth-order valence-corrected chi connectivity index (χ4v) is 4.79. The highest BCUT2D eigenvalue weighted by Gasteiger charge is 2.42. The van der Waals surface area contributed by atoms with Gasteiger partial charge >= 0.3 is 0 Å². The van der Waals surface area contributed by atoms with Crippen molar-refractivity contribution in [3.8, 4) is 0 Å². The Balaban J connectivity index is 1.90. The molecule has 1 aliphatic carbocycles. The molecule has 1 unspecified atom stereocenters. The molecule has 116 valence electrons. The molecule has 0 bridgehead atoms. The molecular formula is C18H27BrN2. The van der Waals surface area contributed by atoms with Gasteiger partial charge in [0.05, 0.1) is 0 Å². The summed E-state index contributed by atoms with van der Waals surface area (Å²) in [5.74, 6) is 0. The molecule has 1 heterocycles. The average molecular weight is 351 g/mol. The summed E-state index contributed by atoms with van der Waals surface area (Å²) in [5, 5.41) is 3.67. The van der Waals surface area contributed by atoms with Gasteiger partial charge in [-0.1, -0.05) is 54.2 Å². The molecule has 2 fully saturated rings. The molecule has 1 N–H and O–H groups in total. The van der Waals surface area contributed by atoms with Crippen LogP contribution in [0.1, 0.15) is 57.1 Å². The van der Waals surface area contributed by atoms with E-state index in [1.807, 2.05) is 0 Å². The molecule has 1 aromatic rings. The minimum Gasteiger partial charge on any atom is -0.314 e. The van der Waals surface area contributed by atoms with E-state index in [0.29, 0.717) is 11.6 Å². The Bertz CT molecular complexity index is 460. The lowest BCUT2D eigenvalue weighted by molar-refractivity contribution is -0.00978. The Hall–Kier alpha value is -0.380. The van der Waals surface area contributed by atoms with Crippen LogP contribution in [0.3, 0.4) is 0 Å². The zero-order valence-corrected chi connectivity index (χ0v) is 14.7. The van der Waals surface area contributed by atoms with Crippen molar-refractivity contribution in [1.29, 1.82) is 0 Å². The lowest BCUT2D eigenvalue weighted by Gasteiger charge is -2.53. The van der Waals surface area contributed by atoms with E-state index in [9.17, 15) is 0 Å². The molecule has 1 saturated carbocycles. The van der Waals surface area contributed by atoms with Crippen LogP contribution >= 0.6 is 15.9 Å². The summed E-state index contributed by atoms with van der Waals surface area (Å²) in [6.45, 7) is 5.83. The Labute approximate surface area is 137 Å². The second-order valence-electron chi connectivity index (χ2n) is 6.63. The fraction of sp³-hybridized carbons (Fsp3) is 0.667. The first-order valence-corrected chi connectivity index (χ1v) is 9.27. The molecular weight excluding hydrogens is 324 g/mol. The maximum Gasteiger partial charge on any atom is 0.0352 e. The third kappa shape index (κ3) is 3.20. The molecule has 0 aromatic heterocycles. The predicted molar refractivity (Wildman–Crippen MR) is 92.6 cm³/mol. The molecule has 1 aliphatic heterocycles. The van der Waals surface area contributed by atoms with Gasteiger partial charge in [0.1, 0.15) is 0 Å². The van der Waals surface area contributed by atoms with Crippen LogP contribution in [0.15, 0.2) is 28.7 Å². The first kappa shape index (κ1) is 15.5. The second-order valence-corrected chi connectivity index (χ2v) is 7.55. The summed E-state index contributed by atoms with van der Waals surface area (Å²) in [5.41, 5.74) is 1.87. The van der Waals surface area contributed by atoms with Gasteiger partial charge in [-0.25, -0.2) is 0 Å². The fourth-order valence-electron chi connectivity index (χ4n) is 4.37. The molecule has 1 atom stereocenters. The lowest BCUT2D eigenvalue weighted by atomic mass is 9.77. The number of benzene rings is 1. The van der Waals surface area contributed by atoms with Gasteiger partial charge in [0.25, 0.3) is 0 Å². The first-order valence-electron chi connectivity index (χ1n) is 8.48. The quantitative estimate of drug-likeness (QED) is 0.862. The summed E-state index contributed by atoms with van der Waals surface area (Å²) < 4.78 is 1.20. The monoisotopic (exact) mass is 350 g/mol. The molecule has 2 aliphatic rings. The molecule has 0 amide bonds. The van der Waals surface area contributed by atoms with Gasteiger partial charge in [0.15, 0.2) is 0 Å². The maximum atomic E-state index is 3.67. The molecule has 1 saturated heterocycles. The number of nitrogens with one attached hydrogen (secondary N) is 1. The van der Waals surface area contributed by atoms with Crippen molar-refractivity contribution in [2.24, 2.45) is 0 Å². The highest BCUT2D eigenvalue weighted by Crippen LogP contribution is 2.41. The van der Waals surface area contributed by atoms with Crippen LogP contribution in [0.2, 0.25) is 0 Å². The average Bonchev–Trinajstić information content (AvgIpc) is 2.51. The SMILES string of the molecule is CCC(c1cccc(Br)c1)N1CCNCC12CCCCC2. The van der Waals surface area contributed by atoms with Gasteiger partial charge in [0, 0.05) is 35.7 Å².